The second-order valence-electron chi connectivity index (χ2n) is 8.68. The first-order valence-corrected chi connectivity index (χ1v) is 11.5. The van der Waals surface area contributed by atoms with E-state index in [0.29, 0.717) is 29.4 Å². The van der Waals surface area contributed by atoms with Crippen LogP contribution in [0.3, 0.4) is 0 Å². The highest BCUT2D eigenvalue weighted by Crippen LogP contribution is 2.44. The molecule has 1 atom stereocenters. The van der Waals surface area contributed by atoms with Crippen molar-refractivity contribution in [3.05, 3.63) is 94.1 Å². The maximum atomic E-state index is 13.5. The summed E-state index contributed by atoms with van der Waals surface area (Å²) in [6.07, 6.45) is 0. The second-order valence-corrected chi connectivity index (χ2v) is 8.68. The maximum absolute atomic E-state index is 13.5. The van der Waals surface area contributed by atoms with E-state index >= 15 is 0 Å². The van der Waals surface area contributed by atoms with Gasteiger partial charge in [-0.25, -0.2) is 0 Å². The van der Waals surface area contributed by atoms with Crippen LogP contribution >= 0.6 is 0 Å². The molecule has 1 aliphatic heterocycles. The fourth-order valence-electron chi connectivity index (χ4n) is 4.69. The standard InChI is InChI=1S/C29H29NO5/c1-6-35-22-12-8-11-21(16-22)30-25(20-10-7-9-17(2)14-20)24(27(32)29(30)33)26(31)23-15-18(3)13-19(4)28(23)34-5/h7-16,25,31H,6H2,1-5H3/b26-24+. The monoisotopic (exact) mass is 471 g/mol. The first-order chi connectivity index (χ1) is 16.8. The number of aryl methyl sites for hydroxylation is 3. The molecule has 0 aromatic heterocycles. The third-order valence-corrected chi connectivity index (χ3v) is 6.09. The van der Waals surface area contributed by atoms with Gasteiger partial charge >= 0.3 is 0 Å². The molecule has 1 unspecified atom stereocenters. The van der Waals surface area contributed by atoms with Crippen LogP contribution in [0.2, 0.25) is 0 Å². The molecule has 0 aliphatic carbocycles. The van der Waals surface area contributed by atoms with Gasteiger partial charge in [0.1, 0.15) is 17.3 Å². The van der Waals surface area contributed by atoms with E-state index < -0.39 is 17.7 Å². The molecule has 35 heavy (non-hydrogen) atoms. The number of nitrogens with zero attached hydrogens (tertiary/aromatic N) is 1. The minimum atomic E-state index is -0.822. The van der Waals surface area contributed by atoms with Gasteiger partial charge in [0.25, 0.3) is 11.7 Å². The van der Waals surface area contributed by atoms with E-state index in [1.54, 1.807) is 30.3 Å². The van der Waals surface area contributed by atoms with Crippen LogP contribution in [0.4, 0.5) is 5.69 Å². The number of Topliss-reactive ketones (excluding diaryl/α,β-unsaturated/α-hetero) is 1. The van der Waals surface area contributed by atoms with E-state index in [0.717, 1.165) is 22.3 Å². The predicted molar refractivity (Wildman–Crippen MR) is 136 cm³/mol. The molecule has 1 N–H and O–H groups in total. The lowest BCUT2D eigenvalue weighted by molar-refractivity contribution is -0.132. The Morgan fingerprint density at radius 1 is 0.971 bits per heavy atom. The quantitative estimate of drug-likeness (QED) is 0.286. The van der Waals surface area contributed by atoms with Gasteiger partial charge in [-0.3, -0.25) is 14.5 Å². The van der Waals surface area contributed by atoms with Crippen molar-refractivity contribution < 1.29 is 24.2 Å². The molecule has 1 amide bonds. The summed E-state index contributed by atoms with van der Waals surface area (Å²) >= 11 is 0. The van der Waals surface area contributed by atoms with Crippen LogP contribution in [0.15, 0.2) is 66.2 Å². The average molecular weight is 472 g/mol. The number of rotatable bonds is 6. The predicted octanol–water partition coefficient (Wildman–Crippen LogP) is 5.65. The Kier molecular flexibility index (Phi) is 6.65. The summed E-state index contributed by atoms with van der Waals surface area (Å²) in [6.45, 7) is 8.06. The third kappa shape index (κ3) is 4.39. The van der Waals surface area contributed by atoms with E-state index in [4.69, 9.17) is 9.47 Å². The zero-order valence-electron chi connectivity index (χ0n) is 20.6. The molecule has 0 radical (unpaired) electrons. The fourth-order valence-corrected chi connectivity index (χ4v) is 4.69. The molecular weight excluding hydrogens is 442 g/mol. The molecule has 4 rings (SSSR count). The van der Waals surface area contributed by atoms with Crippen LogP contribution in [0.5, 0.6) is 11.5 Å². The smallest absolute Gasteiger partial charge is 0.300 e. The van der Waals surface area contributed by atoms with Crippen molar-refractivity contribution in [2.75, 3.05) is 18.6 Å². The molecule has 1 heterocycles. The number of amides is 1. The van der Waals surface area contributed by atoms with Crippen LogP contribution in [0.1, 0.15) is 40.8 Å². The lowest BCUT2D eigenvalue weighted by Crippen LogP contribution is -2.29. The van der Waals surface area contributed by atoms with Gasteiger partial charge in [-0.05, 0) is 62.6 Å². The molecule has 3 aromatic carbocycles. The Labute approximate surface area is 205 Å². The Balaban J connectivity index is 1.99. The SMILES string of the molecule is CCOc1cccc(N2C(=O)C(=O)/C(=C(/O)c3cc(C)cc(C)c3OC)C2c2cccc(C)c2)c1. The highest BCUT2D eigenvalue weighted by atomic mass is 16.5. The van der Waals surface area contributed by atoms with Crippen LogP contribution < -0.4 is 14.4 Å². The van der Waals surface area contributed by atoms with E-state index in [2.05, 4.69) is 0 Å². The minimum Gasteiger partial charge on any atom is -0.507 e. The molecule has 3 aromatic rings. The van der Waals surface area contributed by atoms with Crippen molar-refractivity contribution in [2.45, 2.75) is 33.7 Å². The van der Waals surface area contributed by atoms with Gasteiger partial charge in [-0.15, -0.1) is 0 Å². The number of ether oxygens (including phenoxy) is 2. The number of benzene rings is 3. The van der Waals surface area contributed by atoms with Crippen molar-refractivity contribution >= 4 is 23.1 Å². The summed E-state index contributed by atoms with van der Waals surface area (Å²) in [5.41, 5.74) is 4.32. The summed E-state index contributed by atoms with van der Waals surface area (Å²) in [5, 5.41) is 11.5. The largest absolute Gasteiger partial charge is 0.507 e. The van der Waals surface area contributed by atoms with Gasteiger partial charge in [0.2, 0.25) is 0 Å². The number of methoxy groups -OCH3 is 1. The molecule has 180 valence electrons. The van der Waals surface area contributed by atoms with E-state index in [1.807, 2.05) is 58.0 Å². The molecule has 6 nitrogen and oxygen atoms in total. The minimum absolute atomic E-state index is 0.0192. The fraction of sp³-hybridized carbons (Fsp3) is 0.241. The Morgan fingerprint density at radius 2 is 1.71 bits per heavy atom. The van der Waals surface area contributed by atoms with Crippen LogP contribution in [-0.2, 0) is 9.59 Å². The number of carbonyl (C=O) groups excluding carboxylic acids is 2. The summed E-state index contributed by atoms with van der Waals surface area (Å²) in [4.78, 5) is 28.3. The van der Waals surface area contributed by atoms with Crippen LogP contribution in [0.25, 0.3) is 5.76 Å². The van der Waals surface area contributed by atoms with Gasteiger partial charge in [-0.1, -0.05) is 42.0 Å². The number of ketones is 1. The Bertz CT molecular complexity index is 1340. The molecule has 1 aliphatic rings. The highest BCUT2D eigenvalue weighted by Gasteiger charge is 2.47. The zero-order chi connectivity index (χ0) is 25.3. The molecule has 0 spiro atoms. The van der Waals surface area contributed by atoms with E-state index in [9.17, 15) is 14.7 Å². The van der Waals surface area contributed by atoms with Gasteiger partial charge in [-0.2, -0.15) is 0 Å². The number of anilines is 1. The van der Waals surface area contributed by atoms with Crippen molar-refractivity contribution in [1.82, 2.24) is 0 Å². The van der Waals surface area contributed by atoms with Crippen molar-refractivity contribution in [3.63, 3.8) is 0 Å². The van der Waals surface area contributed by atoms with Gasteiger partial charge in [0.05, 0.1) is 30.9 Å². The van der Waals surface area contributed by atoms with Crippen molar-refractivity contribution in [1.29, 1.82) is 0 Å². The maximum Gasteiger partial charge on any atom is 0.300 e. The lowest BCUT2D eigenvalue weighted by atomic mass is 9.93. The topological polar surface area (TPSA) is 76.1 Å². The molecule has 1 saturated heterocycles. The van der Waals surface area contributed by atoms with Gasteiger partial charge in [0, 0.05) is 11.8 Å². The normalized spacial score (nSPS) is 17.1. The first-order valence-electron chi connectivity index (χ1n) is 11.5. The highest BCUT2D eigenvalue weighted by molar-refractivity contribution is 6.51. The van der Waals surface area contributed by atoms with E-state index in [-0.39, 0.29) is 11.3 Å². The average Bonchev–Trinajstić information content (AvgIpc) is 3.09. The molecule has 1 fully saturated rings. The summed E-state index contributed by atoms with van der Waals surface area (Å²) < 4.78 is 11.2. The van der Waals surface area contributed by atoms with E-state index in [1.165, 1.54) is 12.0 Å². The molecule has 0 saturated carbocycles. The first kappa shape index (κ1) is 24.1. The van der Waals surface area contributed by atoms with Crippen molar-refractivity contribution in [2.24, 2.45) is 0 Å². The molecular formula is C29H29NO5. The summed E-state index contributed by atoms with van der Waals surface area (Å²) in [6, 6.07) is 17.5. The molecule has 0 bridgehead atoms. The second kappa shape index (κ2) is 9.66. The lowest BCUT2D eigenvalue weighted by Gasteiger charge is -2.26. The molecule has 6 heteroatoms. The van der Waals surface area contributed by atoms with Gasteiger partial charge in [0.15, 0.2) is 0 Å². The summed E-state index contributed by atoms with van der Waals surface area (Å²) in [7, 11) is 1.52. The zero-order valence-corrected chi connectivity index (χ0v) is 20.6. The number of carbonyl (C=O) groups is 2. The number of aliphatic hydroxyl groups is 1. The summed E-state index contributed by atoms with van der Waals surface area (Å²) in [5.74, 6) is -0.680. The van der Waals surface area contributed by atoms with Crippen molar-refractivity contribution in [3.8, 4) is 11.5 Å². The third-order valence-electron chi connectivity index (χ3n) is 6.09. The Morgan fingerprint density at radius 3 is 2.40 bits per heavy atom. The van der Waals surface area contributed by atoms with Crippen LogP contribution in [0, 0.1) is 20.8 Å². The van der Waals surface area contributed by atoms with Crippen LogP contribution in [-0.4, -0.2) is 30.5 Å². The number of aliphatic hydroxyl groups excluding tert-OH is 1. The van der Waals surface area contributed by atoms with Gasteiger partial charge < -0.3 is 14.6 Å². The number of hydrogen-bond donors (Lipinski definition) is 1. The Hall–Kier alpha value is -4.06. The number of hydrogen-bond acceptors (Lipinski definition) is 5.